The lowest BCUT2D eigenvalue weighted by atomic mass is 9.63. The molecule has 2 aromatic rings. The van der Waals surface area contributed by atoms with Crippen LogP contribution in [0.3, 0.4) is 0 Å². The molecule has 1 heterocycles. The van der Waals surface area contributed by atoms with Crippen LogP contribution >= 0.6 is 11.3 Å². The molecule has 0 amide bonds. The minimum Gasteiger partial charge on any atom is -0.394 e. The Balaban J connectivity index is 1.35. The minimum absolute atomic E-state index is 0.105. The molecule has 3 unspecified atom stereocenters. The third-order valence-electron chi connectivity index (χ3n) is 8.79. The van der Waals surface area contributed by atoms with Crippen LogP contribution in [0.5, 0.6) is 0 Å². The summed E-state index contributed by atoms with van der Waals surface area (Å²) in [4.78, 5) is 5.06. The SMILES string of the molecule is CC1(C)CCC(C)(C)c2cc(-c3csc(CCC4CCCC(CCC(O)CO)CC4)n3)ccc21. The van der Waals surface area contributed by atoms with Gasteiger partial charge in [0.1, 0.15) is 0 Å². The van der Waals surface area contributed by atoms with E-state index in [9.17, 15) is 5.11 Å². The van der Waals surface area contributed by atoms with E-state index in [2.05, 4.69) is 51.3 Å². The molecule has 4 heteroatoms. The van der Waals surface area contributed by atoms with Crippen LogP contribution in [0, 0.1) is 11.8 Å². The molecule has 1 aromatic carbocycles. The van der Waals surface area contributed by atoms with Gasteiger partial charge >= 0.3 is 0 Å². The van der Waals surface area contributed by atoms with E-state index in [-0.39, 0.29) is 17.4 Å². The van der Waals surface area contributed by atoms with Gasteiger partial charge in [-0.05, 0) is 78.4 Å². The molecule has 1 aromatic heterocycles. The molecule has 0 spiro atoms. The molecule has 34 heavy (non-hydrogen) atoms. The lowest BCUT2D eigenvalue weighted by Gasteiger charge is -2.42. The van der Waals surface area contributed by atoms with E-state index in [0.29, 0.717) is 0 Å². The normalized spacial score (nSPS) is 24.9. The molecule has 2 aliphatic carbocycles. The van der Waals surface area contributed by atoms with E-state index < -0.39 is 6.10 Å². The van der Waals surface area contributed by atoms with Crippen molar-refractivity contribution in [3.8, 4) is 11.3 Å². The number of aliphatic hydroxyl groups excluding tert-OH is 2. The number of aromatic nitrogens is 1. The molecular formula is C30H45NO2S. The standard InChI is InChI=1S/C30H45NO2S/c1-29(2)16-17-30(3,4)26-18-23(12-14-25(26)29)27-20-34-28(31-27)15-11-22-7-5-6-21(8-9-22)10-13-24(33)19-32/h12,14,18,20-22,24,32-33H,5-11,13,15-17,19H2,1-4H3. The van der Waals surface area contributed by atoms with Crippen LogP contribution < -0.4 is 0 Å². The molecule has 0 bridgehead atoms. The van der Waals surface area contributed by atoms with Crippen molar-refractivity contribution in [2.24, 2.45) is 11.8 Å². The molecule has 188 valence electrons. The third kappa shape index (κ3) is 6.12. The van der Waals surface area contributed by atoms with E-state index >= 15 is 0 Å². The van der Waals surface area contributed by atoms with Crippen molar-refractivity contribution in [2.45, 2.75) is 115 Å². The fourth-order valence-corrected chi connectivity index (χ4v) is 7.01. The van der Waals surface area contributed by atoms with Crippen LogP contribution in [0.15, 0.2) is 23.6 Å². The Labute approximate surface area is 211 Å². The van der Waals surface area contributed by atoms with Crippen molar-refractivity contribution in [3.05, 3.63) is 39.7 Å². The smallest absolute Gasteiger partial charge is 0.0932 e. The van der Waals surface area contributed by atoms with E-state index in [1.807, 2.05) is 11.3 Å². The molecule has 2 N–H and O–H groups in total. The number of nitrogens with zero attached hydrogens (tertiary/aromatic N) is 1. The highest BCUT2D eigenvalue weighted by Crippen LogP contribution is 2.46. The van der Waals surface area contributed by atoms with Crippen molar-refractivity contribution >= 4 is 11.3 Å². The van der Waals surface area contributed by atoms with Crippen LogP contribution in [0.2, 0.25) is 0 Å². The van der Waals surface area contributed by atoms with E-state index in [0.717, 1.165) is 36.8 Å². The summed E-state index contributed by atoms with van der Waals surface area (Å²) in [5, 5.41) is 22.2. The Bertz CT molecular complexity index is 947. The van der Waals surface area contributed by atoms with Gasteiger partial charge in [-0.1, -0.05) is 71.9 Å². The monoisotopic (exact) mass is 483 g/mol. The van der Waals surface area contributed by atoms with Crippen LogP contribution in [0.1, 0.15) is 108 Å². The zero-order chi connectivity index (χ0) is 24.3. The molecule has 3 nitrogen and oxygen atoms in total. The van der Waals surface area contributed by atoms with E-state index in [1.165, 1.54) is 73.1 Å². The number of hydrogen-bond donors (Lipinski definition) is 2. The number of benzene rings is 1. The lowest BCUT2D eigenvalue weighted by molar-refractivity contribution is 0.0817. The summed E-state index contributed by atoms with van der Waals surface area (Å²) in [5.41, 5.74) is 5.93. The van der Waals surface area contributed by atoms with Gasteiger partial charge in [-0.25, -0.2) is 4.98 Å². The van der Waals surface area contributed by atoms with Crippen LogP contribution in [-0.4, -0.2) is 27.9 Å². The van der Waals surface area contributed by atoms with Gasteiger partial charge in [0.2, 0.25) is 0 Å². The predicted molar refractivity (Wildman–Crippen MR) is 144 cm³/mol. The quantitative estimate of drug-likeness (QED) is 0.384. The maximum atomic E-state index is 9.66. The fraction of sp³-hybridized carbons (Fsp3) is 0.700. The first-order valence-electron chi connectivity index (χ1n) is 13.6. The number of fused-ring (bicyclic) bond motifs is 1. The maximum Gasteiger partial charge on any atom is 0.0932 e. The van der Waals surface area contributed by atoms with Gasteiger partial charge in [-0.3, -0.25) is 0 Å². The van der Waals surface area contributed by atoms with Crippen molar-refractivity contribution in [2.75, 3.05) is 6.61 Å². The Kier molecular flexibility index (Phi) is 8.21. The van der Waals surface area contributed by atoms with Gasteiger partial charge < -0.3 is 10.2 Å². The highest BCUT2D eigenvalue weighted by molar-refractivity contribution is 7.09. The highest BCUT2D eigenvalue weighted by Gasteiger charge is 2.37. The van der Waals surface area contributed by atoms with Gasteiger partial charge in [-0.2, -0.15) is 0 Å². The summed E-state index contributed by atoms with van der Waals surface area (Å²) in [6, 6.07) is 7.08. The summed E-state index contributed by atoms with van der Waals surface area (Å²) in [6.07, 6.45) is 12.6. The van der Waals surface area contributed by atoms with E-state index in [4.69, 9.17) is 10.1 Å². The average Bonchev–Trinajstić information content (AvgIpc) is 3.18. The third-order valence-corrected chi connectivity index (χ3v) is 9.70. The summed E-state index contributed by atoms with van der Waals surface area (Å²) in [5.74, 6) is 1.52. The lowest BCUT2D eigenvalue weighted by Crippen LogP contribution is -2.33. The fourth-order valence-electron chi connectivity index (χ4n) is 6.19. The first-order valence-corrected chi connectivity index (χ1v) is 14.4. The number of hydrogen-bond acceptors (Lipinski definition) is 4. The second-order valence-corrected chi connectivity index (χ2v) is 13.3. The Morgan fingerprint density at radius 3 is 2.35 bits per heavy atom. The predicted octanol–water partition coefficient (Wildman–Crippen LogP) is 7.42. The number of rotatable bonds is 8. The molecule has 1 saturated carbocycles. The van der Waals surface area contributed by atoms with Crippen molar-refractivity contribution in [1.29, 1.82) is 0 Å². The number of aliphatic hydroxyl groups is 2. The van der Waals surface area contributed by atoms with Gasteiger partial charge in [0.15, 0.2) is 0 Å². The molecule has 1 fully saturated rings. The topological polar surface area (TPSA) is 53.4 Å². The zero-order valence-corrected chi connectivity index (χ0v) is 22.6. The summed E-state index contributed by atoms with van der Waals surface area (Å²) in [6.45, 7) is 9.45. The minimum atomic E-state index is -0.536. The van der Waals surface area contributed by atoms with Gasteiger partial charge in [0, 0.05) is 10.9 Å². The number of thiazole rings is 1. The first-order chi connectivity index (χ1) is 16.2. The molecule has 4 rings (SSSR count). The molecule has 2 aliphatic rings. The van der Waals surface area contributed by atoms with Crippen LogP contribution in [0.25, 0.3) is 11.3 Å². The molecule has 0 radical (unpaired) electrons. The van der Waals surface area contributed by atoms with E-state index in [1.54, 1.807) is 0 Å². The zero-order valence-electron chi connectivity index (χ0n) is 21.8. The first kappa shape index (κ1) is 25.9. The van der Waals surface area contributed by atoms with Crippen LogP contribution in [0.4, 0.5) is 0 Å². The average molecular weight is 484 g/mol. The van der Waals surface area contributed by atoms with Crippen molar-refractivity contribution in [3.63, 3.8) is 0 Å². The van der Waals surface area contributed by atoms with Crippen molar-refractivity contribution in [1.82, 2.24) is 4.98 Å². The summed E-state index contributed by atoms with van der Waals surface area (Å²) in [7, 11) is 0. The van der Waals surface area contributed by atoms with Crippen molar-refractivity contribution < 1.29 is 10.2 Å². The Hall–Kier alpha value is -1.23. The Morgan fingerprint density at radius 2 is 1.65 bits per heavy atom. The molecule has 3 atom stereocenters. The summed E-state index contributed by atoms with van der Waals surface area (Å²) < 4.78 is 0. The highest BCUT2D eigenvalue weighted by atomic mass is 32.1. The van der Waals surface area contributed by atoms with Gasteiger partial charge in [-0.15, -0.1) is 11.3 Å². The largest absolute Gasteiger partial charge is 0.394 e. The van der Waals surface area contributed by atoms with Gasteiger partial charge in [0.25, 0.3) is 0 Å². The van der Waals surface area contributed by atoms with Crippen LogP contribution in [-0.2, 0) is 17.3 Å². The molecule has 0 saturated heterocycles. The number of aryl methyl sites for hydroxylation is 1. The second-order valence-electron chi connectivity index (χ2n) is 12.3. The maximum absolute atomic E-state index is 9.66. The second kappa shape index (κ2) is 10.8. The molecular weight excluding hydrogens is 438 g/mol. The summed E-state index contributed by atoms with van der Waals surface area (Å²) >= 11 is 1.83. The van der Waals surface area contributed by atoms with Gasteiger partial charge in [0.05, 0.1) is 23.4 Å². The Morgan fingerprint density at radius 1 is 0.971 bits per heavy atom. The molecule has 0 aliphatic heterocycles.